The molecular weight excluding hydrogens is 222 g/mol. The quantitative estimate of drug-likeness (QED) is 0.865. The van der Waals surface area contributed by atoms with Crippen LogP contribution in [0.15, 0.2) is 30.3 Å². The molecule has 5 heteroatoms. The number of carboxylic acids is 1. The van der Waals surface area contributed by atoms with Gasteiger partial charge in [-0.05, 0) is 5.56 Å². The molecular formula is C12H13NO4. The van der Waals surface area contributed by atoms with E-state index in [2.05, 4.69) is 0 Å². The first kappa shape index (κ1) is 11.4. The molecule has 17 heavy (non-hydrogen) atoms. The molecule has 0 aliphatic carbocycles. The predicted molar refractivity (Wildman–Crippen MR) is 59.5 cm³/mol. The molecule has 1 heterocycles. The number of cyclic esters (lactones) is 1. The van der Waals surface area contributed by atoms with E-state index in [0.717, 1.165) is 5.56 Å². The van der Waals surface area contributed by atoms with Gasteiger partial charge in [0.1, 0.15) is 6.54 Å². The minimum absolute atomic E-state index is 0.214. The molecule has 1 fully saturated rings. The van der Waals surface area contributed by atoms with Gasteiger partial charge in [-0.15, -0.1) is 0 Å². The van der Waals surface area contributed by atoms with E-state index in [1.165, 1.54) is 4.90 Å². The average molecular weight is 235 g/mol. The maximum Gasteiger partial charge on any atom is 0.410 e. The van der Waals surface area contributed by atoms with Gasteiger partial charge >= 0.3 is 12.1 Å². The molecule has 1 aliphatic rings. The average Bonchev–Trinajstić information content (AvgIpc) is 2.32. The topological polar surface area (TPSA) is 66.8 Å². The van der Waals surface area contributed by atoms with Gasteiger partial charge in [0.2, 0.25) is 0 Å². The van der Waals surface area contributed by atoms with E-state index in [1.54, 1.807) is 0 Å². The molecule has 0 spiro atoms. The van der Waals surface area contributed by atoms with Crippen molar-refractivity contribution < 1.29 is 19.4 Å². The third kappa shape index (κ3) is 2.55. The highest BCUT2D eigenvalue weighted by atomic mass is 16.6. The van der Waals surface area contributed by atoms with Gasteiger partial charge in [0.15, 0.2) is 0 Å². The van der Waals surface area contributed by atoms with Crippen molar-refractivity contribution in [1.29, 1.82) is 0 Å². The van der Waals surface area contributed by atoms with Gasteiger partial charge in [0.25, 0.3) is 0 Å². The van der Waals surface area contributed by atoms with Crippen LogP contribution in [0, 0.1) is 0 Å². The van der Waals surface area contributed by atoms with Crippen molar-refractivity contribution in [2.24, 2.45) is 0 Å². The third-order valence-corrected chi connectivity index (χ3v) is 2.72. The van der Waals surface area contributed by atoms with Crippen LogP contribution in [0.5, 0.6) is 0 Å². The number of rotatable bonds is 3. The van der Waals surface area contributed by atoms with Crippen LogP contribution in [0.25, 0.3) is 0 Å². The maximum absolute atomic E-state index is 11.6. The van der Waals surface area contributed by atoms with E-state index < -0.39 is 12.1 Å². The SMILES string of the molecule is O=C(O)CN1C(=O)OCCC1c1ccccc1. The Morgan fingerprint density at radius 1 is 1.41 bits per heavy atom. The molecule has 0 aromatic heterocycles. The summed E-state index contributed by atoms with van der Waals surface area (Å²) in [7, 11) is 0. The Morgan fingerprint density at radius 3 is 2.76 bits per heavy atom. The summed E-state index contributed by atoms with van der Waals surface area (Å²) in [5.41, 5.74) is 0.936. The summed E-state index contributed by atoms with van der Waals surface area (Å²) in [6.07, 6.45) is 0.0516. The van der Waals surface area contributed by atoms with Crippen molar-refractivity contribution in [2.75, 3.05) is 13.2 Å². The Balaban J connectivity index is 2.23. The Kier molecular flexibility index (Phi) is 3.27. The molecule has 1 unspecified atom stereocenters. The number of amides is 1. The van der Waals surface area contributed by atoms with Crippen LogP contribution in [-0.2, 0) is 9.53 Å². The van der Waals surface area contributed by atoms with Crippen molar-refractivity contribution in [1.82, 2.24) is 4.90 Å². The van der Waals surface area contributed by atoms with Crippen molar-refractivity contribution in [3.63, 3.8) is 0 Å². The van der Waals surface area contributed by atoms with E-state index >= 15 is 0 Å². The molecule has 1 aromatic rings. The predicted octanol–water partition coefficient (Wildman–Crippen LogP) is 1.65. The summed E-state index contributed by atoms with van der Waals surface area (Å²) in [4.78, 5) is 23.5. The van der Waals surface area contributed by atoms with Gasteiger partial charge in [0, 0.05) is 6.42 Å². The molecule has 0 bridgehead atoms. The summed E-state index contributed by atoms with van der Waals surface area (Å²) < 4.78 is 4.87. The molecule has 5 nitrogen and oxygen atoms in total. The summed E-state index contributed by atoms with van der Waals surface area (Å²) >= 11 is 0. The van der Waals surface area contributed by atoms with Gasteiger partial charge in [0.05, 0.1) is 12.6 Å². The van der Waals surface area contributed by atoms with Crippen molar-refractivity contribution >= 4 is 12.1 Å². The number of hydrogen-bond donors (Lipinski definition) is 1. The Morgan fingerprint density at radius 2 is 2.12 bits per heavy atom. The number of carbonyl (C=O) groups excluding carboxylic acids is 1. The monoisotopic (exact) mass is 235 g/mol. The fourth-order valence-corrected chi connectivity index (χ4v) is 1.97. The first-order valence-electron chi connectivity index (χ1n) is 5.38. The Labute approximate surface area is 98.6 Å². The fraction of sp³-hybridized carbons (Fsp3) is 0.333. The number of ether oxygens (including phenoxy) is 1. The van der Waals surface area contributed by atoms with Crippen LogP contribution < -0.4 is 0 Å². The standard InChI is InChI=1S/C12H13NO4/c14-11(15)8-13-10(6-7-17-12(13)16)9-4-2-1-3-5-9/h1-5,10H,6-8H2,(H,14,15). The first-order chi connectivity index (χ1) is 8.18. The van der Waals surface area contributed by atoms with E-state index in [-0.39, 0.29) is 12.6 Å². The second-order valence-corrected chi connectivity index (χ2v) is 3.85. The van der Waals surface area contributed by atoms with Crippen LogP contribution >= 0.6 is 0 Å². The van der Waals surface area contributed by atoms with E-state index in [4.69, 9.17) is 9.84 Å². The van der Waals surface area contributed by atoms with Gasteiger partial charge in [-0.2, -0.15) is 0 Å². The molecule has 1 aromatic carbocycles. The highest BCUT2D eigenvalue weighted by Gasteiger charge is 2.31. The third-order valence-electron chi connectivity index (χ3n) is 2.72. The van der Waals surface area contributed by atoms with Crippen molar-refractivity contribution in [3.8, 4) is 0 Å². The summed E-state index contributed by atoms with van der Waals surface area (Å²) in [5, 5.41) is 8.80. The minimum atomic E-state index is -1.04. The molecule has 1 saturated heterocycles. The highest BCUT2D eigenvalue weighted by molar-refractivity contribution is 5.77. The fourth-order valence-electron chi connectivity index (χ4n) is 1.97. The zero-order valence-electron chi connectivity index (χ0n) is 9.20. The zero-order chi connectivity index (χ0) is 12.3. The van der Waals surface area contributed by atoms with Gasteiger partial charge in [-0.1, -0.05) is 30.3 Å². The lowest BCUT2D eigenvalue weighted by molar-refractivity contribution is -0.139. The molecule has 0 saturated carbocycles. The van der Waals surface area contributed by atoms with Gasteiger partial charge in [-0.3, -0.25) is 9.69 Å². The van der Waals surface area contributed by atoms with E-state index in [9.17, 15) is 9.59 Å². The van der Waals surface area contributed by atoms with Gasteiger partial charge < -0.3 is 9.84 Å². The zero-order valence-corrected chi connectivity index (χ0v) is 9.20. The largest absolute Gasteiger partial charge is 0.480 e. The second-order valence-electron chi connectivity index (χ2n) is 3.85. The number of carbonyl (C=O) groups is 2. The lowest BCUT2D eigenvalue weighted by Gasteiger charge is -2.34. The van der Waals surface area contributed by atoms with Crippen LogP contribution in [0.3, 0.4) is 0 Å². The number of aliphatic carboxylic acids is 1. The van der Waals surface area contributed by atoms with Crippen LogP contribution in [0.2, 0.25) is 0 Å². The number of carboxylic acid groups (broad SMARTS) is 1. The molecule has 1 N–H and O–H groups in total. The number of nitrogens with zero attached hydrogens (tertiary/aromatic N) is 1. The minimum Gasteiger partial charge on any atom is -0.480 e. The van der Waals surface area contributed by atoms with E-state index in [0.29, 0.717) is 13.0 Å². The summed E-state index contributed by atoms with van der Waals surface area (Å²) in [6.45, 7) is -0.00704. The normalized spacial score (nSPS) is 19.9. The van der Waals surface area contributed by atoms with Crippen LogP contribution in [0.1, 0.15) is 18.0 Å². The Bertz CT molecular complexity index is 418. The second kappa shape index (κ2) is 4.86. The number of hydrogen-bond acceptors (Lipinski definition) is 3. The smallest absolute Gasteiger partial charge is 0.410 e. The summed E-state index contributed by atoms with van der Waals surface area (Å²) in [6, 6.07) is 9.18. The molecule has 1 aliphatic heterocycles. The highest BCUT2D eigenvalue weighted by Crippen LogP contribution is 2.28. The maximum atomic E-state index is 11.6. The van der Waals surface area contributed by atoms with Gasteiger partial charge in [-0.25, -0.2) is 4.79 Å². The van der Waals surface area contributed by atoms with Crippen LogP contribution in [-0.4, -0.2) is 35.2 Å². The van der Waals surface area contributed by atoms with Crippen molar-refractivity contribution in [2.45, 2.75) is 12.5 Å². The first-order valence-corrected chi connectivity index (χ1v) is 5.38. The van der Waals surface area contributed by atoms with Crippen LogP contribution in [0.4, 0.5) is 4.79 Å². The van der Waals surface area contributed by atoms with Crippen molar-refractivity contribution in [3.05, 3.63) is 35.9 Å². The van der Waals surface area contributed by atoms with E-state index in [1.807, 2.05) is 30.3 Å². The Hall–Kier alpha value is -2.04. The molecule has 90 valence electrons. The lowest BCUT2D eigenvalue weighted by Crippen LogP contribution is -2.43. The molecule has 1 amide bonds. The summed E-state index contributed by atoms with van der Waals surface area (Å²) in [5.74, 6) is -1.04. The lowest BCUT2D eigenvalue weighted by atomic mass is 10.0. The molecule has 0 radical (unpaired) electrons. The molecule has 2 rings (SSSR count). The molecule has 1 atom stereocenters. The number of benzene rings is 1.